The van der Waals surface area contributed by atoms with E-state index in [0.29, 0.717) is 24.1 Å². The molecule has 1 saturated carbocycles. The van der Waals surface area contributed by atoms with Gasteiger partial charge < -0.3 is 10.5 Å². The van der Waals surface area contributed by atoms with E-state index in [2.05, 4.69) is 0 Å². The molecule has 1 aromatic carbocycles. The van der Waals surface area contributed by atoms with Gasteiger partial charge in [-0.25, -0.2) is 4.39 Å². The summed E-state index contributed by atoms with van der Waals surface area (Å²) in [6.45, 7) is 0.693. The standard InChI is InChI=1S/C12H16FNO/c1-15-12-5-3-8(6-11(12)13)10-4-2-9(10)7-14/h3,5-6,9-10H,2,4,7,14H2,1H3. The SMILES string of the molecule is COc1ccc(C2CCC2CN)cc1F. The fourth-order valence-corrected chi connectivity index (χ4v) is 2.20. The van der Waals surface area contributed by atoms with E-state index in [1.807, 2.05) is 6.07 Å². The van der Waals surface area contributed by atoms with Crippen molar-refractivity contribution < 1.29 is 9.13 Å². The van der Waals surface area contributed by atoms with Crippen molar-refractivity contribution in [3.05, 3.63) is 29.6 Å². The number of hydrogen-bond acceptors (Lipinski definition) is 2. The Morgan fingerprint density at radius 2 is 2.27 bits per heavy atom. The van der Waals surface area contributed by atoms with Crippen LogP contribution in [0.2, 0.25) is 0 Å². The predicted molar refractivity (Wildman–Crippen MR) is 57.5 cm³/mol. The number of ether oxygens (including phenoxy) is 1. The van der Waals surface area contributed by atoms with Crippen molar-refractivity contribution >= 4 is 0 Å². The minimum atomic E-state index is -0.280. The van der Waals surface area contributed by atoms with Gasteiger partial charge in [-0.15, -0.1) is 0 Å². The molecule has 0 bridgehead atoms. The molecule has 1 fully saturated rings. The van der Waals surface area contributed by atoms with Gasteiger partial charge in [0.25, 0.3) is 0 Å². The van der Waals surface area contributed by atoms with Crippen LogP contribution in [0.3, 0.4) is 0 Å². The number of benzene rings is 1. The summed E-state index contributed by atoms with van der Waals surface area (Å²) in [5.74, 6) is 0.994. The zero-order valence-electron chi connectivity index (χ0n) is 8.87. The third-order valence-corrected chi connectivity index (χ3v) is 3.32. The summed E-state index contributed by atoms with van der Waals surface area (Å²) in [5.41, 5.74) is 6.69. The maximum absolute atomic E-state index is 13.4. The van der Waals surface area contributed by atoms with Gasteiger partial charge in [0.05, 0.1) is 7.11 Å². The fraction of sp³-hybridized carbons (Fsp3) is 0.500. The predicted octanol–water partition coefficient (Wildman–Crippen LogP) is 2.29. The van der Waals surface area contributed by atoms with Gasteiger partial charge in [-0.3, -0.25) is 0 Å². The third kappa shape index (κ3) is 1.84. The highest BCUT2D eigenvalue weighted by atomic mass is 19.1. The van der Waals surface area contributed by atoms with Crippen molar-refractivity contribution in [3.63, 3.8) is 0 Å². The Hall–Kier alpha value is -1.09. The van der Waals surface area contributed by atoms with E-state index in [9.17, 15) is 4.39 Å². The van der Waals surface area contributed by atoms with E-state index in [-0.39, 0.29) is 5.82 Å². The van der Waals surface area contributed by atoms with Crippen LogP contribution in [0.1, 0.15) is 24.3 Å². The summed E-state index contributed by atoms with van der Waals surface area (Å²) in [7, 11) is 1.48. The lowest BCUT2D eigenvalue weighted by Gasteiger charge is -2.36. The number of rotatable bonds is 3. The van der Waals surface area contributed by atoms with E-state index in [0.717, 1.165) is 18.4 Å². The molecule has 1 aliphatic rings. The number of hydrogen-bond donors (Lipinski definition) is 1. The van der Waals surface area contributed by atoms with Crippen molar-refractivity contribution in [2.75, 3.05) is 13.7 Å². The molecule has 15 heavy (non-hydrogen) atoms. The summed E-state index contributed by atoms with van der Waals surface area (Å²) in [4.78, 5) is 0. The zero-order chi connectivity index (χ0) is 10.8. The molecule has 0 aromatic heterocycles. The molecule has 82 valence electrons. The van der Waals surface area contributed by atoms with Crippen LogP contribution < -0.4 is 10.5 Å². The van der Waals surface area contributed by atoms with Crippen LogP contribution in [0.15, 0.2) is 18.2 Å². The van der Waals surface area contributed by atoms with Crippen LogP contribution in [-0.4, -0.2) is 13.7 Å². The van der Waals surface area contributed by atoms with Gasteiger partial charge in [0.15, 0.2) is 11.6 Å². The molecule has 1 aromatic rings. The second-order valence-electron chi connectivity index (χ2n) is 4.07. The Morgan fingerprint density at radius 3 is 2.73 bits per heavy atom. The summed E-state index contributed by atoms with van der Waals surface area (Å²) < 4.78 is 18.3. The van der Waals surface area contributed by atoms with Gasteiger partial charge in [0, 0.05) is 0 Å². The molecule has 2 N–H and O–H groups in total. The second-order valence-corrected chi connectivity index (χ2v) is 4.07. The van der Waals surface area contributed by atoms with Crippen molar-refractivity contribution in [3.8, 4) is 5.75 Å². The molecule has 0 aliphatic heterocycles. The lowest BCUT2D eigenvalue weighted by Crippen LogP contribution is -2.30. The highest BCUT2D eigenvalue weighted by Gasteiger charge is 2.31. The Morgan fingerprint density at radius 1 is 1.47 bits per heavy atom. The molecule has 2 rings (SSSR count). The van der Waals surface area contributed by atoms with E-state index < -0.39 is 0 Å². The van der Waals surface area contributed by atoms with Crippen molar-refractivity contribution in [1.82, 2.24) is 0 Å². The van der Waals surface area contributed by atoms with Crippen LogP contribution in [0.5, 0.6) is 5.75 Å². The minimum Gasteiger partial charge on any atom is -0.494 e. The quantitative estimate of drug-likeness (QED) is 0.829. The van der Waals surface area contributed by atoms with Crippen LogP contribution in [0.4, 0.5) is 4.39 Å². The average Bonchev–Trinajstić information content (AvgIpc) is 2.17. The molecule has 0 amide bonds. The Balaban J connectivity index is 2.19. The molecule has 2 atom stereocenters. The average molecular weight is 209 g/mol. The first-order chi connectivity index (χ1) is 7.26. The second kappa shape index (κ2) is 4.19. The van der Waals surface area contributed by atoms with E-state index >= 15 is 0 Å². The molecule has 0 radical (unpaired) electrons. The number of nitrogens with two attached hydrogens (primary N) is 1. The Bertz CT molecular complexity index is 351. The minimum absolute atomic E-state index is 0.280. The molecular weight excluding hydrogens is 193 g/mol. The van der Waals surface area contributed by atoms with Crippen molar-refractivity contribution in [2.45, 2.75) is 18.8 Å². The number of methoxy groups -OCH3 is 1. The van der Waals surface area contributed by atoms with Gasteiger partial charge in [-0.05, 0) is 48.9 Å². The normalized spacial score (nSPS) is 24.7. The van der Waals surface area contributed by atoms with E-state index in [4.69, 9.17) is 10.5 Å². The molecule has 2 nitrogen and oxygen atoms in total. The van der Waals surface area contributed by atoms with Crippen LogP contribution >= 0.6 is 0 Å². The van der Waals surface area contributed by atoms with Crippen LogP contribution in [0.25, 0.3) is 0 Å². The summed E-state index contributed by atoms with van der Waals surface area (Å²) in [6, 6.07) is 5.20. The molecule has 0 heterocycles. The van der Waals surface area contributed by atoms with E-state index in [1.165, 1.54) is 7.11 Å². The fourth-order valence-electron chi connectivity index (χ4n) is 2.20. The maximum Gasteiger partial charge on any atom is 0.165 e. The Labute approximate surface area is 89.2 Å². The monoisotopic (exact) mass is 209 g/mol. The summed E-state index contributed by atoms with van der Waals surface area (Å²) >= 11 is 0. The molecule has 0 spiro atoms. The molecule has 0 saturated heterocycles. The molecular formula is C12H16FNO. The van der Waals surface area contributed by atoms with Crippen LogP contribution in [-0.2, 0) is 0 Å². The third-order valence-electron chi connectivity index (χ3n) is 3.32. The van der Waals surface area contributed by atoms with Crippen molar-refractivity contribution in [2.24, 2.45) is 11.7 Å². The van der Waals surface area contributed by atoms with Gasteiger partial charge in [0.2, 0.25) is 0 Å². The van der Waals surface area contributed by atoms with E-state index in [1.54, 1.807) is 12.1 Å². The van der Waals surface area contributed by atoms with Gasteiger partial charge in [0.1, 0.15) is 0 Å². The summed E-state index contributed by atoms with van der Waals surface area (Å²) in [6.07, 6.45) is 2.28. The Kier molecular flexibility index (Phi) is 2.91. The van der Waals surface area contributed by atoms with Crippen LogP contribution in [0, 0.1) is 11.7 Å². The maximum atomic E-state index is 13.4. The number of halogens is 1. The molecule has 3 heteroatoms. The highest BCUT2D eigenvalue weighted by Crippen LogP contribution is 2.42. The largest absolute Gasteiger partial charge is 0.494 e. The van der Waals surface area contributed by atoms with Crippen molar-refractivity contribution in [1.29, 1.82) is 0 Å². The zero-order valence-corrected chi connectivity index (χ0v) is 8.87. The lowest BCUT2D eigenvalue weighted by atomic mass is 9.70. The smallest absolute Gasteiger partial charge is 0.165 e. The molecule has 1 aliphatic carbocycles. The van der Waals surface area contributed by atoms with Gasteiger partial charge in [-0.1, -0.05) is 6.07 Å². The molecule has 2 unspecified atom stereocenters. The van der Waals surface area contributed by atoms with Gasteiger partial charge >= 0.3 is 0 Å². The first-order valence-corrected chi connectivity index (χ1v) is 5.29. The van der Waals surface area contributed by atoms with Gasteiger partial charge in [-0.2, -0.15) is 0 Å². The first-order valence-electron chi connectivity index (χ1n) is 5.29. The lowest BCUT2D eigenvalue weighted by molar-refractivity contribution is 0.262. The summed E-state index contributed by atoms with van der Waals surface area (Å²) in [5, 5.41) is 0. The highest BCUT2D eigenvalue weighted by molar-refractivity contribution is 5.32. The first kappa shape index (κ1) is 10.4. The topological polar surface area (TPSA) is 35.2 Å².